The van der Waals surface area contributed by atoms with Crippen LogP contribution in [0.1, 0.15) is 27.4 Å². The molecule has 0 unspecified atom stereocenters. The lowest BCUT2D eigenvalue weighted by Crippen LogP contribution is -2.05. The van der Waals surface area contributed by atoms with Gasteiger partial charge in [0, 0.05) is 5.69 Å². The van der Waals surface area contributed by atoms with Crippen molar-refractivity contribution in [2.24, 2.45) is 4.99 Å². The van der Waals surface area contributed by atoms with Gasteiger partial charge in [0.15, 0.2) is 11.5 Å². The number of fused-ring (bicyclic) bond motifs is 1. The van der Waals surface area contributed by atoms with E-state index >= 15 is 0 Å². The Morgan fingerprint density at radius 2 is 1.83 bits per heavy atom. The number of ether oxygens (including phenoxy) is 2. The number of hydrogen-bond acceptors (Lipinski definition) is 7. The van der Waals surface area contributed by atoms with Gasteiger partial charge in [-0.25, -0.2) is 14.8 Å². The molecule has 8 heteroatoms. The number of aliphatic imine (C=N–C) groups is 1. The van der Waals surface area contributed by atoms with Gasteiger partial charge in [-0.1, -0.05) is 30.3 Å². The molecular formula is C27H22N4O4. The third-order valence-electron chi connectivity index (χ3n) is 5.46. The molecule has 2 aromatic carbocycles. The lowest BCUT2D eigenvalue weighted by molar-refractivity contribution is 0.0603. The van der Waals surface area contributed by atoms with Crippen molar-refractivity contribution < 1.29 is 18.7 Å². The zero-order chi connectivity index (χ0) is 24.2. The van der Waals surface area contributed by atoms with Crippen molar-refractivity contribution in [3.8, 4) is 11.5 Å². The fourth-order valence-electron chi connectivity index (χ4n) is 3.71. The molecule has 0 aliphatic rings. The van der Waals surface area contributed by atoms with Crippen molar-refractivity contribution in [2.45, 2.75) is 13.5 Å². The molecule has 0 atom stereocenters. The lowest BCUT2D eigenvalue weighted by Gasteiger charge is -2.08. The van der Waals surface area contributed by atoms with Crippen LogP contribution in [-0.4, -0.2) is 34.1 Å². The van der Waals surface area contributed by atoms with Crippen LogP contribution in [0.3, 0.4) is 0 Å². The van der Waals surface area contributed by atoms with Gasteiger partial charge in [0.05, 0.1) is 37.1 Å². The molecule has 0 saturated heterocycles. The maximum Gasteiger partial charge on any atom is 0.338 e. The van der Waals surface area contributed by atoms with Crippen molar-refractivity contribution in [1.29, 1.82) is 0 Å². The van der Waals surface area contributed by atoms with Crippen LogP contribution in [-0.2, 0) is 11.3 Å². The molecule has 0 aliphatic heterocycles. The van der Waals surface area contributed by atoms with Crippen LogP contribution in [0.4, 0.5) is 5.82 Å². The zero-order valence-corrected chi connectivity index (χ0v) is 19.2. The summed E-state index contributed by atoms with van der Waals surface area (Å²) in [5.41, 5.74) is 2.61. The summed E-state index contributed by atoms with van der Waals surface area (Å²) in [4.78, 5) is 21.4. The van der Waals surface area contributed by atoms with Gasteiger partial charge >= 0.3 is 5.97 Å². The third kappa shape index (κ3) is 4.81. The summed E-state index contributed by atoms with van der Waals surface area (Å²) in [6, 6.07) is 22.6. The topological polar surface area (TPSA) is 91.7 Å². The lowest BCUT2D eigenvalue weighted by atomic mass is 10.1. The van der Waals surface area contributed by atoms with Gasteiger partial charge in [0.2, 0.25) is 0 Å². The maximum atomic E-state index is 12.5. The SMILES string of the molecule is COC(=O)c1cc(/N=C/c2ccco2)nc2nn(Cc3ccc(Oc4ccccc4)cc3)c(C)c12. The summed E-state index contributed by atoms with van der Waals surface area (Å²) >= 11 is 0. The second-order valence-electron chi connectivity index (χ2n) is 7.79. The van der Waals surface area contributed by atoms with E-state index in [1.807, 2.05) is 66.2 Å². The van der Waals surface area contributed by atoms with Gasteiger partial charge in [0.25, 0.3) is 0 Å². The highest BCUT2D eigenvalue weighted by Crippen LogP contribution is 2.27. The summed E-state index contributed by atoms with van der Waals surface area (Å²) in [5.74, 6) is 1.96. The second kappa shape index (κ2) is 9.64. The number of carbonyl (C=O) groups excluding carboxylic acids is 1. The minimum absolute atomic E-state index is 0.335. The first-order valence-corrected chi connectivity index (χ1v) is 11.0. The van der Waals surface area contributed by atoms with E-state index in [-0.39, 0.29) is 0 Å². The number of furan rings is 1. The Hall–Kier alpha value is -4.72. The van der Waals surface area contributed by atoms with E-state index in [0.29, 0.717) is 34.7 Å². The molecule has 35 heavy (non-hydrogen) atoms. The molecule has 0 N–H and O–H groups in total. The second-order valence-corrected chi connectivity index (χ2v) is 7.79. The fourth-order valence-corrected chi connectivity index (χ4v) is 3.71. The predicted molar refractivity (Wildman–Crippen MR) is 132 cm³/mol. The van der Waals surface area contributed by atoms with Gasteiger partial charge in [-0.2, -0.15) is 5.10 Å². The van der Waals surface area contributed by atoms with Crippen molar-refractivity contribution in [2.75, 3.05) is 7.11 Å². The highest BCUT2D eigenvalue weighted by Gasteiger charge is 2.20. The number of carbonyl (C=O) groups is 1. The highest BCUT2D eigenvalue weighted by molar-refractivity contribution is 6.04. The number of methoxy groups -OCH3 is 1. The Kier molecular flexibility index (Phi) is 6.09. The summed E-state index contributed by atoms with van der Waals surface area (Å²) in [5, 5.41) is 5.29. The van der Waals surface area contributed by atoms with Crippen LogP contribution in [0, 0.1) is 6.92 Å². The zero-order valence-electron chi connectivity index (χ0n) is 19.2. The third-order valence-corrected chi connectivity index (χ3v) is 5.46. The predicted octanol–water partition coefficient (Wildman–Crippen LogP) is 5.71. The minimum atomic E-state index is -0.475. The number of nitrogens with zero attached hydrogens (tertiary/aromatic N) is 4. The molecule has 0 bridgehead atoms. The molecule has 0 aliphatic carbocycles. The fraction of sp³-hybridized carbons (Fsp3) is 0.111. The van der Waals surface area contributed by atoms with E-state index < -0.39 is 5.97 Å². The summed E-state index contributed by atoms with van der Waals surface area (Å²) in [7, 11) is 1.35. The molecule has 0 saturated carbocycles. The van der Waals surface area contributed by atoms with Crippen LogP contribution in [0.5, 0.6) is 11.5 Å². The maximum absolute atomic E-state index is 12.5. The first-order chi connectivity index (χ1) is 17.1. The van der Waals surface area contributed by atoms with Crippen molar-refractivity contribution >= 4 is 29.0 Å². The van der Waals surface area contributed by atoms with Crippen LogP contribution in [0.15, 0.2) is 88.5 Å². The number of esters is 1. The first-order valence-electron chi connectivity index (χ1n) is 11.0. The van der Waals surface area contributed by atoms with Crippen LogP contribution in [0.2, 0.25) is 0 Å². The Bertz CT molecular complexity index is 1490. The average molecular weight is 466 g/mol. The van der Waals surface area contributed by atoms with E-state index in [2.05, 4.69) is 15.1 Å². The Morgan fingerprint density at radius 1 is 1.06 bits per heavy atom. The Morgan fingerprint density at radius 3 is 2.54 bits per heavy atom. The minimum Gasteiger partial charge on any atom is -0.465 e. The number of rotatable bonds is 7. The molecule has 0 radical (unpaired) electrons. The standard InChI is InChI=1S/C27H22N4O4/c1-18-25-23(27(32)33-2)15-24(28-16-22-9-6-14-34-22)29-26(25)30-31(18)17-19-10-12-21(13-11-19)35-20-7-4-3-5-8-20/h3-16H,17H2,1-2H3/b28-16+. The van der Waals surface area contributed by atoms with E-state index in [1.54, 1.807) is 24.5 Å². The van der Waals surface area contributed by atoms with Crippen LogP contribution < -0.4 is 4.74 Å². The van der Waals surface area contributed by atoms with Gasteiger partial charge in [-0.15, -0.1) is 0 Å². The smallest absolute Gasteiger partial charge is 0.338 e. The molecule has 0 amide bonds. The largest absolute Gasteiger partial charge is 0.465 e. The van der Waals surface area contributed by atoms with E-state index in [0.717, 1.165) is 22.8 Å². The van der Waals surface area contributed by atoms with Gasteiger partial charge < -0.3 is 13.9 Å². The van der Waals surface area contributed by atoms with E-state index in [4.69, 9.17) is 13.9 Å². The van der Waals surface area contributed by atoms with Crippen LogP contribution >= 0.6 is 0 Å². The number of hydrogen-bond donors (Lipinski definition) is 0. The molecule has 5 aromatic rings. The number of benzene rings is 2. The molecule has 0 spiro atoms. The van der Waals surface area contributed by atoms with Gasteiger partial charge in [-0.05, 0) is 55.0 Å². The van der Waals surface area contributed by atoms with E-state index in [1.165, 1.54) is 13.3 Å². The first kappa shape index (κ1) is 22.1. The molecular weight excluding hydrogens is 444 g/mol. The van der Waals surface area contributed by atoms with Crippen molar-refractivity contribution in [3.05, 3.63) is 102 Å². The Balaban J connectivity index is 1.44. The van der Waals surface area contributed by atoms with Gasteiger partial charge in [0.1, 0.15) is 17.3 Å². The molecule has 8 nitrogen and oxygen atoms in total. The Labute approximate surface area is 201 Å². The number of para-hydroxylation sites is 1. The monoisotopic (exact) mass is 466 g/mol. The molecule has 0 fully saturated rings. The highest BCUT2D eigenvalue weighted by atomic mass is 16.5. The van der Waals surface area contributed by atoms with Crippen LogP contribution in [0.25, 0.3) is 11.0 Å². The summed E-state index contributed by atoms with van der Waals surface area (Å²) < 4.78 is 18.0. The molecule has 3 heterocycles. The quantitative estimate of drug-likeness (QED) is 0.225. The molecule has 174 valence electrons. The number of aryl methyl sites for hydroxylation is 1. The molecule has 3 aromatic heterocycles. The summed E-state index contributed by atoms with van der Waals surface area (Å²) in [6.07, 6.45) is 3.10. The average Bonchev–Trinajstić information content (AvgIpc) is 3.52. The van der Waals surface area contributed by atoms with Crippen molar-refractivity contribution in [3.63, 3.8) is 0 Å². The molecule has 5 rings (SSSR count). The van der Waals surface area contributed by atoms with Gasteiger partial charge in [-0.3, -0.25) is 4.68 Å². The number of aromatic nitrogens is 3. The van der Waals surface area contributed by atoms with E-state index in [9.17, 15) is 4.79 Å². The number of pyridine rings is 1. The normalized spacial score (nSPS) is 11.3. The summed E-state index contributed by atoms with van der Waals surface area (Å²) in [6.45, 7) is 2.40. The van der Waals surface area contributed by atoms with Crippen molar-refractivity contribution in [1.82, 2.24) is 14.8 Å².